The quantitative estimate of drug-likeness (QED) is 0.726. The zero-order valence-corrected chi connectivity index (χ0v) is 15.1. The largest absolute Gasteiger partial charge is 0.416 e. The number of hydrogen-bond acceptors (Lipinski definition) is 6. The third-order valence-electron chi connectivity index (χ3n) is 4.83. The van der Waals surface area contributed by atoms with Gasteiger partial charge in [-0.25, -0.2) is 4.98 Å². The molecule has 0 bridgehead atoms. The number of alkyl halides is 3. The molecule has 3 heterocycles. The van der Waals surface area contributed by atoms with Crippen molar-refractivity contribution in [3.63, 3.8) is 0 Å². The van der Waals surface area contributed by atoms with E-state index >= 15 is 0 Å². The van der Waals surface area contributed by atoms with Gasteiger partial charge in [0.25, 0.3) is 0 Å². The van der Waals surface area contributed by atoms with Crippen LogP contribution in [0.4, 0.5) is 13.2 Å². The van der Waals surface area contributed by atoms with Crippen molar-refractivity contribution in [2.24, 2.45) is 7.05 Å². The van der Waals surface area contributed by atoms with Crippen molar-refractivity contribution in [2.75, 3.05) is 19.6 Å². The first kappa shape index (κ1) is 18.6. The predicted molar refractivity (Wildman–Crippen MR) is 93.4 cm³/mol. The summed E-state index contributed by atoms with van der Waals surface area (Å²) in [4.78, 5) is 6.66. The molecule has 1 unspecified atom stereocenters. The van der Waals surface area contributed by atoms with Crippen LogP contribution in [0.25, 0.3) is 5.69 Å². The van der Waals surface area contributed by atoms with Crippen LogP contribution in [0.5, 0.6) is 0 Å². The second-order valence-electron chi connectivity index (χ2n) is 6.64. The molecule has 8 nitrogen and oxygen atoms in total. The number of aryl methyl sites for hydroxylation is 1. The summed E-state index contributed by atoms with van der Waals surface area (Å²) in [7, 11) is 1.95. The molecule has 28 heavy (non-hydrogen) atoms. The van der Waals surface area contributed by atoms with Gasteiger partial charge in [-0.2, -0.15) is 17.9 Å². The van der Waals surface area contributed by atoms with Crippen LogP contribution in [-0.2, 0) is 19.8 Å². The Labute approximate surface area is 159 Å². The van der Waals surface area contributed by atoms with Gasteiger partial charge in [-0.15, -0.1) is 5.10 Å². The van der Waals surface area contributed by atoms with E-state index in [4.69, 9.17) is 0 Å². The van der Waals surface area contributed by atoms with E-state index in [1.807, 2.05) is 17.8 Å². The molecule has 11 heteroatoms. The molecule has 1 aliphatic heterocycles. The van der Waals surface area contributed by atoms with Gasteiger partial charge in [-0.05, 0) is 34.7 Å². The highest BCUT2D eigenvalue weighted by Gasteiger charge is 2.31. The summed E-state index contributed by atoms with van der Waals surface area (Å²) in [5.74, 6) is 1.49. The average Bonchev–Trinajstić information content (AvgIpc) is 3.31. The average molecular weight is 392 g/mol. The summed E-state index contributed by atoms with van der Waals surface area (Å²) >= 11 is 0. The fourth-order valence-electron chi connectivity index (χ4n) is 3.37. The monoisotopic (exact) mass is 392 g/mol. The highest BCUT2D eigenvalue weighted by Crippen LogP contribution is 2.29. The Morgan fingerprint density at radius 1 is 1.21 bits per heavy atom. The Hall–Kier alpha value is -2.79. The lowest BCUT2D eigenvalue weighted by Gasteiger charge is -2.35. The number of piperazine rings is 1. The van der Waals surface area contributed by atoms with Crippen LogP contribution in [-0.4, -0.2) is 54.3 Å². The number of tetrazole rings is 1. The number of nitrogens with zero attached hydrogens (tertiary/aromatic N) is 7. The maximum atomic E-state index is 12.8. The van der Waals surface area contributed by atoms with Crippen LogP contribution in [0.1, 0.15) is 23.3 Å². The van der Waals surface area contributed by atoms with E-state index in [0.29, 0.717) is 18.1 Å². The van der Waals surface area contributed by atoms with Crippen molar-refractivity contribution < 1.29 is 13.2 Å². The van der Waals surface area contributed by atoms with Gasteiger partial charge < -0.3 is 9.88 Å². The van der Waals surface area contributed by atoms with Crippen molar-refractivity contribution in [3.8, 4) is 5.69 Å². The van der Waals surface area contributed by atoms with E-state index in [-0.39, 0.29) is 6.04 Å². The number of benzene rings is 1. The zero-order chi connectivity index (χ0) is 19.7. The molecule has 0 spiro atoms. The minimum atomic E-state index is -4.38. The van der Waals surface area contributed by atoms with Gasteiger partial charge in [0.2, 0.25) is 0 Å². The number of imidazole rings is 1. The summed E-state index contributed by atoms with van der Waals surface area (Å²) < 4.78 is 41.8. The molecular weight excluding hydrogens is 373 g/mol. The van der Waals surface area contributed by atoms with Crippen LogP contribution in [0.15, 0.2) is 36.7 Å². The second kappa shape index (κ2) is 7.32. The van der Waals surface area contributed by atoms with Crippen LogP contribution >= 0.6 is 0 Å². The molecular formula is C17H19F3N8. The Morgan fingerprint density at radius 2 is 2.00 bits per heavy atom. The molecule has 3 aromatic rings. The standard InChI is InChI=1S/C17H19F3N8/c1-26-8-7-22-16(26)14-10-21-6-9-27(14)11-15-23-24-25-28(15)13-4-2-12(3-5-13)17(18,19)20/h2-5,7-8,14,21H,6,9-11H2,1H3. The third-order valence-corrected chi connectivity index (χ3v) is 4.83. The van der Waals surface area contributed by atoms with E-state index in [2.05, 4.69) is 30.7 Å². The van der Waals surface area contributed by atoms with Crippen molar-refractivity contribution in [2.45, 2.75) is 18.8 Å². The molecule has 0 amide bonds. The van der Waals surface area contributed by atoms with Crippen molar-refractivity contribution in [1.82, 2.24) is 40.0 Å². The zero-order valence-electron chi connectivity index (χ0n) is 15.1. The number of nitrogens with one attached hydrogen (secondary N) is 1. The summed E-state index contributed by atoms with van der Waals surface area (Å²) in [5, 5.41) is 15.1. The van der Waals surface area contributed by atoms with Crippen LogP contribution in [0.2, 0.25) is 0 Å². The topological polar surface area (TPSA) is 76.7 Å². The number of rotatable bonds is 4. The lowest BCUT2D eigenvalue weighted by Crippen LogP contribution is -2.46. The number of hydrogen-bond donors (Lipinski definition) is 1. The Balaban J connectivity index is 1.58. The van der Waals surface area contributed by atoms with E-state index in [1.165, 1.54) is 16.8 Å². The first-order valence-electron chi connectivity index (χ1n) is 8.80. The second-order valence-corrected chi connectivity index (χ2v) is 6.64. The van der Waals surface area contributed by atoms with Gasteiger partial charge in [0.1, 0.15) is 5.82 Å². The van der Waals surface area contributed by atoms with E-state index < -0.39 is 11.7 Å². The highest BCUT2D eigenvalue weighted by molar-refractivity contribution is 5.35. The van der Waals surface area contributed by atoms with Crippen molar-refractivity contribution in [1.29, 1.82) is 0 Å². The van der Waals surface area contributed by atoms with Crippen molar-refractivity contribution >= 4 is 0 Å². The van der Waals surface area contributed by atoms with Gasteiger partial charge in [-0.1, -0.05) is 0 Å². The molecule has 2 aromatic heterocycles. The third kappa shape index (κ3) is 3.62. The molecule has 4 rings (SSSR count). The lowest BCUT2D eigenvalue weighted by atomic mass is 10.1. The van der Waals surface area contributed by atoms with E-state index in [0.717, 1.165) is 37.6 Å². The Bertz CT molecular complexity index is 931. The fourth-order valence-corrected chi connectivity index (χ4v) is 3.37. The van der Waals surface area contributed by atoms with Crippen LogP contribution in [0, 0.1) is 0 Å². The first-order chi connectivity index (χ1) is 13.4. The smallest absolute Gasteiger partial charge is 0.337 e. The van der Waals surface area contributed by atoms with Gasteiger partial charge in [0.15, 0.2) is 5.82 Å². The summed E-state index contributed by atoms with van der Waals surface area (Å²) in [6, 6.07) is 4.85. The predicted octanol–water partition coefficient (Wildman–Crippen LogP) is 1.56. The SMILES string of the molecule is Cn1ccnc1C1CNCCN1Cc1nnnn1-c1ccc(C(F)(F)F)cc1. The van der Waals surface area contributed by atoms with Gasteiger partial charge in [0.05, 0.1) is 23.8 Å². The van der Waals surface area contributed by atoms with Crippen molar-refractivity contribution in [3.05, 3.63) is 53.9 Å². The highest BCUT2D eigenvalue weighted by atomic mass is 19.4. The maximum absolute atomic E-state index is 12.8. The summed E-state index contributed by atoms with van der Waals surface area (Å²) in [5.41, 5.74) is -0.223. The maximum Gasteiger partial charge on any atom is 0.416 e. The summed E-state index contributed by atoms with van der Waals surface area (Å²) in [6.07, 6.45) is -0.721. The van der Waals surface area contributed by atoms with Gasteiger partial charge in [-0.3, -0.25) is 4.90 Å². The van der Waals surface area contributed by atoms with Gasteiger partial charge in [0, 0.05) is 39.1 Å². The molecule has 0 saturated carbocycles. The molecule has 1 aromatic carbocycles. The normalized spacial score (nSPS) is 18.5. The minimum Gasteiger partial charge on any atom is -0.337 e. The molecule has 1 saturated heterocycles. The molecule has 1 aliphatic rings. The molecule has 0 aliphatic carbocycles. The van der Waals surface area contributed by atoms with Gasteiger partial charge >= 0.3 is 6.18 Å². The summed E-state index contributed by atoms with van der Waals surface area (Å²) in [6.45, 7) is 2.79. The van der Waals surface area contributed by atoms with Crippen LogP contribution in [0.3, 0.4) is 0 Å². The Kier molecular flexibility index (Phi) is 4.85. The number of aromatic nitrogens is 6. The molecule has 1 fully saturated rings. The molecule has 1 atom stereocenters. The first-order valence-corrected chi connectivity index (χ1v) is 8.80. The molecule has 148 valence electrons. The fraction of sp³-hybridized carbons (Fsp3) is 0.412. The lowest BCUT2D eigenvalue weighted by molar-refractivity contribution is -0.137. The van der Waals surface area contributed by atoms with E-state index in [9.17, 15) is 13.2 Å². The number of halogens is 3. The Morgan fingerprint density at radius 3 is 2.68 bits per heavy atom. The van der Waals surface area contributed by atoms with E-state index in [1.54, 1.807) is 6.20 Å². The molecule has 1 N–H and O–H groups in total. The minimum absolute atomic E-state index is 0.0477. The van der Waals surface area contributed by atoms with Crippen LogP contribution < -0.4 is 5.32 Å². The molecule has 0 radical (unpaired) electrons.